The first-order chi connectivity index (χ1) is 12.5. The molecule has 3 fully saturated rings. The van der Waals surface area contributed by atoms with Crippen molar-refractivity contribution >= 4 is 11.8 Å². The van der Waals surface area contributed by atoms with Gasteiger partial charge >= 0.3 is 0 Å². The Morgan fingerprint density at radius 1 is 1.35 bits per heavy atom. The average Bonchev–Trinajstić information content (AvgIpc) is 3.27. The lowest BCUT2D eigenvalue weighted by Crippen LogP contribution is -2.43. The van der Waals surface area contributed by atoms with Crippen molar-refractivity contribution in [2.45, 2.75) is 70.9 Å². The van der Waals surface area contributed by atoms with Gasteiger partial charge in [0.25, 0.3) is 5.91 Å². The second-order valence-corrected chi connectivity index (χ2v) is 8.44. The molecule has 0 spiro atoms. The van der Waals surface area contributed by atoms with E-state index in [0.717, 1.165) is 19.3 Å². The maximum absolute atomic E-state index is 12.7. The summed E-state index contributed by atoms with van der Waals surface area (Å²) in [5.41, 5.74) is 0.330. The van der Waals surface area contributed by atoms with Gasteiger partial charge in [-0.15, -0.1) is 0 Å². The number of aromatic nitrogens is 1. The first kappa shape index (κ1) is 17.6. The molecular weight excluding hydrogens is 330 g/mol. The fraction of sp³-hybridized carbons (Fsp3) is 0.750. The Hall–Kier alpha value is -1.85. The highest BCUT2D eigenvalue weighted by Crippen LogP contribution is 2.47. The van der Waals surface area contributed by atoms with E-state index < -0.39 is 0 Å². The van der Waals surface area contributed by atoms with Crippen LogP contribution in [0.15, 0.2) is 10.6 Å². The van der Waals surface area contributed by atoms with E-state index in [2.05, 4.69) is 22.3 Å². The molecule has 2 saturated carbocycles. The van der Waals surface area contributed by atoms with Crippen molar-refractivity contribution in [2.24, 2.45) is 17.8 Å². The Labute approximate surface area is 154 Å². The molecule has 0 aromatic carbocycles. The van der Waals surface area contributed by atoms with Crippen LogP contribution in [0.5, 0.6) is 0 Å². The Morgan fingerprint density at radius 3 is 2.81 bits per heavy atom. The number of rotatable bonds is 4. The molecule has 3 aliphatic rings. The van der Waals surface area contributed by atoms with Crippen molar-refractivity contribution in [2.75, 3.05) is 6.54 Å². The van der Waals surface area contributed by atoms with E-state index in [1.807, 2.05) is 0 Å². The SMILES string of the molecule is Cc1cc(C(=O)NC[C@H]2[C@@H]3CC(=O)N(C4CCCCC4)[C@@H]3C[C@@H]2C)no1. The van der Waals surface area contributed by atoms with Crippen molar-refractivity contribution in [3.8, 4) is 0 Å². The summed E-state index contributed by atoms with van der Waals surface area (Å²) in [6, 6.07) is 2.47. The summed E-state index contributed by atoms with van der Waals surface area (Å²) in [5.74, 6) is 2.03. The van der Waals surface area contributed by atoms with Crippen molar-refractivity contribution < 1.29 is 14.1 Å². The fourth-order valence-corrected chi connectivity index (χ4v) is 5.50. The van der Waals surface area contributed by atoms with Crippen LogP contribution in [0.4, 0.5) is 0 Å². The number of fused-ring (bicyclic) bond motifs is 1. The summed E-state index contributed by atoms with van der Waals surface area (Å²) in [6.07, 6.45) is 7.84. The zero-order valence-electron chi connectivity index (χ0n) is 15.7. The van der Waals surface area contributed by atoms with Crippen LogP contribution in [-0.2, 0) is 4.79 Å². The Bertz CT molecular complexity index is 680. The summed E-state index contributed by atoms with van der Waals surface area (Å²) in [4.78, 5) is 27.2. The minimum atomic E-state index is -0.189. The molecule has 1 aliphatic heterocycles. The van der Waals surface area contributed by atoms with E-state index in [9.17, 15) is 9.59 Å². The molecule has 1 N–H and O–H groups in total. The molecule has 26 heavy (non-hydrogen) atoms. The number of carbonyl (C=O) groups excluding carboxylic acids is 2. The summed E-state index contributed by atoms with van der Waals surface area (Å²) < 4.78 is 4.98. The van der Waals surface area contributed by atoms with Gasteiger partial charge in [-0.05, 0) is 43.9 Å². The van der Waals surface area contributed by atoms with Gasteiger partial charge in [0.2, 0.25) is 5.91 Å². The molecule has 2 heterocycles. The summed E-state index contributed by atoms with van der Waals surface area (Å²) in [7, 11) is 0. The minimum Gasteiger partial charge on any atom is -0.361 e. The van der Waals surface area contributed by atoms with Crippen molar-refractivity contribution in [3.63, 3.8) is 0 Å². The highest BCUT2D eigenvalue weighted by atomic mass is 16.5. The second-order valence-electron chi connectivity index (χ2n) is 8.44. The zero-order chi connectivity index (χ0) is 18.3. The highest BCUT2D eigenvalue weighted by Gasteiger charge is 2.52. The molecule has 1 saturated heterocycles. The van der Waals surface area contributed by atoms with E-state index in [1.165, 1.54) is 19.3 Å². The smallest absolute Gasteiger partial charge is 0.273 e. The molecule has 2 amide bonds. The third-order valence-electron chi connectivity index (χ3n) is 6.77. The Morgan fingerprint density at radius 2 is 2.12 bits per heavy atom. The summed E-state index contributed by atoms with van der Waals surface area (Å²) in [5, 5.41) is 6.80. The molecule has 4 atom stereocenters. The maximum Gasteiger partial charge on any atom is 0.273 e. The van der Waals surface area contributed by atoms with Gasteiger partial charge in [-0.25, -0.2) is 0 Å². The van der Waals surface area contributed by atoms with Gasteiger partial charge in [0.15, 0.2) is 5.69 Å². The monoisotopic (exact) mass is 359 g/mol. The van der Waals surface area contributed by atoms with Gasteiger partial charge in [-0.2, -0.15) is 0 Å². The van der Waals surface area contributed by atoms with Crippen molar-refractivity contribution in [1.82, 2.24) is 15.4 Å². The van der Waals surface area contributed by atoms with Gasteiger partial charge in [-0.3, -0.25) is 9.59 Å². The maximum atomic E-state index is 12.7. The Balaban J connectivity index is 1.41. The quantitative estimate of drug-likeness (QED) is 0.897. The van der Waals surface area contributed by atoms with Crippen LogP contribution in [0.2, 0.25) is 0 Å². The topological polar surface area (TPSA) is 75.4 Å². The molecule has 1 aromatic heterocycles. The molecule has 0 unspecified atom stereocenters. The van der Waals surface area contributed by atoms with Gasteiger partial charge in [0, 0.05) is 31.1 Å². The molecule has 6 heteroatoms. The van der Waals surface area contributed by atoms with Crippen molar-refractivity contribution in [1.29, 1.82) is 0 Å². The molecule has 4 rings (SSSR count). The molecule has 0 bridgehead atoms. The standard InChI is InChI=1S/C20H29N3O3/c1-12-8-18-15(10-19(24)23(18)14-6-4-3-5-7-14)16(12)11-21-20(25)17-9-13(2)26-22-17/h9,12,14-16,18H,3-8,10-11H2,1-2H3,(H,21,25)/t12-,15-,16+,18+/m0/s1. The largest absolute Gasteiger partial charge is 0.361 e. The number of aryl methyl sites for hydroxylation is 1. The second kappa shape index (κ2) is 7.05. The van der Waals surface area contributed by atoms with Crippen LogP contribution in [0.25, 0.3) is 0 Å². The summed E-state index contributed by atoms with van der Waals surface area (Å²) >= 11 is 0. The lowest BCUT2D eigenvalue weighted by atomic mass is 9.88. The number of nitrogens with one attached hydrogen (secondary N) is 1. The molecule has 142 valence electrons. The number of amides is 2. The lowest BCUT2D eigenvalue weighted by Gasteiger charge is -2.35. The first-order valence-corrected chi connectivity index (χ1v) is 10.1. The van der Waals surface area contributed by atoms with Gasteiger partial charge < -0.3 is 14.7 Å². The molecular formula is C20H29N3O3. The average molecular weight is 359 g/mol. The summed E-state index contributed by atoms with van der Waals surface area (Å²) in [6.45, 7) is 4.65. The number of carbonyl (C=O) groups is 2. The third kappa shape index (κ3) is 3.14. The Kier molecular flexibility index (Phi) is 4.76. The van der Waals surface area contributed by atoms with E-state index in [4.69, 9.17) is 4.52 Å². The highest BCUT2D eigenvalue weighted by molar-refractivity contribution is 5.92. The van der Waals surface area contributed by atoms with Crippen LogP contribution in [0.3, 0.4) is 0 Å². The van der Waals surface area contributed by atoms with Crippen LogP contribution in [-0.4, -0.2) is 40.5 Å². The van der Waals surface area contributed by atoms with Crippen LogP contribution >= 0.6 is 0 Å². The fourth-order valence-electron chi connectivity index (χ4n) is 5.50. The minimum absolute atomic E-state index is 0.189. The van der Waals surface area contributed by atoms with Crippen molar-refractivity contribution in [3.05, 3.63) is 17.5 Å². The first-order valence-electron chi connectivity index (χ1n) is 10.1. The van der Waals surface area contributed by atoms with E-state index in [0.29, 0.717) is 60.2 Å². The lowest BCUT2D eigenvalue weighted by molar-refractivity contribution is -0.132. The van der Waals surface area contributed by atoms with Crippen LogP contribution in [0, 0.1) is 24.7 Å². The van der Waals surface area contributed by atoms with E-state index >= 15 is 0 Å². The predicted molar refractivity (Wildman–Crippen MR) is 96.5 cm³/mol. The zero-order valence-corrected chi connectivity index (χ0v) is 15.7. The number of hydrogen-bond donors (Lipinski definition) is 1. The van der Waals surface area contributed by atoms with Gasteiger partial charge in [0.1, 0.15) is 5.76 Å². The molecule has 0 radical (unpaired) electrons. The van der Waals surface area contributed by atoms with E-state index in [-0.39, 0.29) is 5.91 Å². The van der Waals surface area contributed by atoms with Crippen LogP contribution < -0.4 is 5.32 Å². The normalized spacial score (nSPS) is 32.1. The van der Waals surface area contributed by atoms with Gasteiger partial charge in [0.05, 0.1) is 0 Å². The number of hydrogen-bond acceptors (Lipinski definition) is 4. The molecule has 1 aromatic rings. The van der Waals surface area contributed by atoms with Gasteiger partial charge in [-0.1, -0.05) is 31.3 Å². The molecule has 6 nitrogen and oxygen atoms in total. The molecule has 2 aliphatic carbocycles. The predicted octanol–water partition coefficient (Wildman–Crippen LogP) is 2.92. The third-order valence-corrected chi connectivity index (χ3v) is 6.77. The van der Waals surface area contributed by atoms with Crippen LogP contribution in [0.1, 0.15) is 68.1 Å². The number of nitrogens with zero attached hydrogens (tertiary/aromatic N) is 2. The number of likely N-dealkylation sites (tertiary alicyclic amines) is 1. The van der Waals surface area contributed by atoms with E-state index in [1.54, 1.807) is 13.0 Å².